The number of rotatable bonds is 6. The van der Waals surface area contributed by atoms with Crippen LogP contribution in [0.3, 0.4) is 0 Å². The highest BCUT2D eigenvalue weighted by Gasteiger charge is 2.10. The first kappa shape index (κ1) is 15.5. The zero-order valence-electron chi connectivity index (χ0n) is 12.0. The molecule has 0 aliphatic carbocycles. The fourth-order valence-corrected chi connectivity index (χ4v) is 1.85. The molecule has 1 aromatic rings. The van der Waals surface area contributed by atoms with Crippen LogP contribution in [0, 0.1) is 25.2 Å². The molecule has 4 nitrogen and oxygen atoms in total. The van der Waals surface area contributed by atoms with E-state index in [0.717, 1.165) is 16.9 Å². The van der Waals surface area contributed by atoms with Gasteiger partial charge < -0.3 is 15.2 Å². The van der Waals surface area contributed by atoms with Crippen LogP contribution in [0.25, 0.3) is 0 Å². The van der Waals surface area contributed by atoms with Crippen LogP contribution in [0.15, 0.2) is 12.1 Å². The second kappa shape index (κ2) is 7.13. The normalized spacial score (nSPS) is 12.3. The predicted octanol–water partition coefficient (Wildman–Crippen LogP) is 1.91. The summed E-state index contributed by atoms with van der Waals surface area (Å²) in [5, 5.41) is 21.8. The van der Waals surface area contributed by atoms with Gasteiger partial charge in [0, 0.05) is 12.6 Å². The van der Waals surface area contributed by atoms with Gasteiger partial charge in [0.05, 0.1) is 11.6 Å². The highest BCUT2D eigenvalue weighted by Crippen LogP contribution is 2.24. The summed E-state index contributed by atoms with van der Waals surface area (Å²) >= 11 is 0. The van der Waals surface area contributed by atoms with Crippen molar-refractivity contribution in [1.82, 2.24) is 5.32 Å². The van der Waals surface area contributed by atoms with Crippen LogP contribution in [-0.2, 0) is 0 Å². The van der Waals surface area contributed by atoms with Gasteiger partial charge in [0.15, 0.2) is 0 Å². The Kier molecular flexibility index (Phi) is 5.81. The molecule has 0 aliphatic heterocycles. The van der Waals surface area contributed by atoms with Crippen molar-refractivity contribution in [2.24, 2.45) is 0 Å². The predicted molar refractivity (Wildman–Crippen MR) is 75.3 cm³/mol. The molecule has 1 rings (SSSR count). The second-order valence-corrected chi connectivity index (χ2v) is 5.08. The molecule has 0 heterocycles. The van der Waals surface area contributed by atoms with Gasteiger partial charge in [-0.15, -0.1) is 0 Å². The Morgan fingerprint density at radius 3 is 2.37 bits per heavy atom. The lowest BCUT2D eigenvalue weighted by Gasteiger charge is -2.17. The molecule has 0 radical (unpaired) electrons. The van der Waals surface area contributed by atoms with Crippen molar-refractivity contribution < 1.29 is 9.84 Å². The van der Waals surface area contributed by atoms with Crippen LogP contribution >= 0.6 is 0 Å². The number of nitrogens with zero attached hydrogens (tertiary/aromatic N) is 1. The molecule has 0 fully saturated rings. The van der Waals surface area contributed by atoms with Crippen LogP contribution in [0.5, 0.6) is 5.75 Å². The van der Waals surface area contributed by atoms with Crippen molar-refractivity contribution in [3.05, 3.63) is 28.8 Å². The van der Waals surface area contributed by atoms with E-state index in [1.54, 1.807) is 12.1 Å². The Balaban J connectivity index is 2.61. The van der Waals surface area contributed by atoms with Gasteiger partial charge in [-0.25, -0.2) is 0 Å². The molecule has 0 amide bonds. The van der Waals surface area contributed by atoms with Crippen molar-refractivity contribution in [2.75, 3.05) is 13.2 Å². The monoisotopic (exact) mass is 262 g/mol. The Morgan fingerprint density at radius 1 is 1.32 bits per heavy atom. The summed E-state index contributed by atoms with van der Waals surface area (Å²) in [7, 11) is 0. The molecule has 2 N–H and O–H groups in total. The molecule has 0 spiro atoms. The third-order valence-corrected chi connectivity index (χ3v) is 2.77. The van der Waals surface area contributed by atoms with Gasteiger partial charge in [-0.05, 0) is 37.1 Å². The van der Waals surface area contributed by atoms with E-state index in [9.17, 15) is 5.11 Å². The van der Waals surface area contributed by atoms with E-state index >= 15 is 0 Å². The van der Waals surface area contributed by atoms with E-state index in [-0.39, 0.29) is 6.61 Å². The number of ether oxygens (including phenoxy) is 1. The molecule has 0 bridgehead atoms. The standard InChI is InChI=1S/C15H22N2O2/c1-10(2)17-8-14(18)9-19-15-11(3)5-13(7-16)6-12(15)4/h5-6,10,14,17-18H,8-9H2,1-4H3. The fraction of sp³-hybridized carbons (Fsp3) is 0.533. The minimum Gasteiger partial charge on any atom is -0.490 e. The van der Waals surface area contributed by atoms with E-state index in [1.165, 1.54) is 0 Å². The number of aliphatic hydroxyl groups is 1. The molecule has 1 atom stereocenters. The van der Waals surface area contributed by atoms with Gasteiger partial charge in [-0.3, -0.25) is 0 Å². The minimum atomic E-state index is -0.545. The van der Waals surface area contributed by atoms with Crippen LogP contribution in [0.4, 0.5) is 0 Å². The van der Waals surface area contributed by atoms with Gasteiger partial charge in [0.2, 0.25) is 0 Å². The maximum absolute atomic E-state index is 9.80. The zero-order valence-corrected chi connectivity index (χ0v) is 12.0. The van der Waals surface area contributed by atoms with Gasteiger partial charge >= 0.3 is 0 Å². The van der Waals surface area contributed by atoms with Crippen LogP contribution < -0.4 is 10.1 Å². The number of hydrogen-bond donors (Lipinski definition) is 2. The summed E-state index contributed by atoms with van der Waals surface area (Å²) in [6.07, 6.45) is -0.545. The van der Waals surface area contributed by atoms with Gasteiger partial charge in [0.1, 0.15) is 18.5 Å². The number of benzene rings is 1. The number of aryl methyl sites for hydroxylation is 2. The van der Waals surface area contributed by atoms with Crippen molar-refractivity contribution in [3.63, 3.8) is 0 Å². The average Bonchev–Trinajstić information content (AvgIpc) is 2.34. The summed E-state index contributed by atoms with van der Waals surface area (Å²) in [5.74, 6) is 0.752. The molecular weight excluding hydrogens is 240 g/mol. The number of nitrogens with one attached hydrogen (secondary N) is 1. The maximum Gasteiger partial charge on any atom is 0.125 e. The van der Waals surface area contributed by atoms with Crippen LogP contribution in [0.2, 0.25) is 0 Å². The molecule has 0 saturated carbocycles. The highest BCUT2D eigenvalue weighted by molar-refractivity contribution is 5.47. The molecule has 19 heavy (non-hydrogen) atoms. The summed E-state index contributed by atoms with van der Waals surface area (Å²) in [4.78, 5) is 0. The maximum atomic E-state index is 9.80. The molecule has 0 aliphatic rings. The number of aliphatic hydroxyl groups excluding tert-OH is 1. The molecule has 4 heteroatoms. The minimum absolute atomic E-state index is 0.243. The fourth-order valence-electron chi connectivity index (χ4n) is 1.85. The van der Waals surface area contributed by atoms with E-state index in [0.29, 0.717) is 18.2 Å². The third kappa shape index (κ3) is 4.90. The Hall–Kier alpha value is -1.57. The molecule has 1 aromatic carbocycles. The average molecular weight is 262 g/mol. The first-order valence-corrected chi connectivity index (χ1v) is 6.49. The quantitative estimate of drug-likeness (QED) is 0.822. The second-order valence-electron chi connectivity index (χ2n) is 5.08. The van der Waals surface area contributed by atoms with Gasteiger partial charge in [-0.2, -0.15) is 5.26 Å². The zero-order chi connectivity index (χ0) is 14.4. The van der Waals surface area contributed by atoms with Crippen molar-refractivity contribution in [3.8, 4) is 11.8 Å². The molecule has 0 saturated heterocycles. The molecule has 0 aromatic heterocycles. The summed E-state index contributed by atoms with van der Waals surface area (Å²) < 4.78 is 5.66. The molecular formula is C15H22N2O2. The lowest BCUT2D eigenvalue weighted by molar-refractivity contribution is 0.104. The lowest BCUT2D eigenvalue weighted by atomic mass is 10.1. The van der Waals surface area contributed by atoms with Crippen molar-refractivity contribution in [1.29, 1.82) is 5.26 Å². The lowest BCUT2D eigenvalue weighted by Crippen LogP contribution is -2.35. The van der Waals surface area contributed by atoms with E-state index in [4.69, 9.17) is 10.00 Å². The van der Waals surface area contributed by atoms with E-state index < -0.39 is 6.10 Å². The highest BCUT2D eigenvalue weighted by atomic mass is 16.5. The Morgan fingerprint density at radius 2 is 1.89 bits per heavy atom. The first-order valence-electron chi connectivity index (χ1n) is 6.49. The Labute approximate surface area is 115 Å². The molecule has 1 unspecified atom stereocenters. The largest absolute Gasteiger partial charge is 0.490 e. The topological polar surface area (TPSA) is 65.3 Å². The smallest absolute Gasteiger partial charge is 0.125 e. The van der Waals surface area contributed by atoms with Crippen molar-refractivity contribution in [2.45, 2.75) is 39.8 Å². The van der Waals surface area contributed by atoms with Crippen LogP contribution in [0.1, 0.15) is 30.5 Å². The van der Waals surface area contributed by atoms with E-state index in [2.05, 4.69) is 11.4 Å². The number of nitriles is 1. The molecule has 104 valence electrons. The third-order valence-electron chi connectivity index (χ3n) is 2.77. The van der Waals surface area contributed by atoms with E-state index in [1.807, 2.05) is 27.7 Å². The summed E-state index contributed by atoms with van der Waals surface area (Å²) in [6, 6.07) is 6.04. The SMILES string of the molecule is Cc1cc(C#N)cc(C)c1OCC(O)CNC(C)C. The van der Waals surface area contributed by atoms with Gasteiger partial charge in [0.25, 0.3) is 0 Å². The van der Waals surface area contributed by atoms with Crippen LogP contribution in [-0.4, -0.2) is 30.4 Å². The van der Waals surface area contributed by atoms with Gasteiger partial charge in [-0.1, -0.05) is 13.8 Å². The Bertz CT molecular complexity index is 441. The number of hydrogen-bond acceptors (Lipinski definition) is 4. The summed E-state index contributed by atoms with van der Waals surface area (Å²) in [5.41, 5.74) is 2.46. The van der Waals surface area contributed by atoms with Crippen molar-refractivity contribution >= 4 is 0 Å². The first-order chi connectivity index (χ1) is 8.93. The summed E-state index contributed by atoms with van der Waals surface area (Å²) in [6.45, 7) is 8.62.